The number of nitrogens with one attached hydrogen (secondary N) is 1. The highest BCUT2D eigenvalue weighted by Gasteiger charge is 2.08. The third kappa shape index (κ3) is 3.27. The van der Waals surface area contributed by atoms with Crippen LogP contribution in [-0.4, -0.2) is 16.8 Å². The van der Waals surface area contributed by atoms with Gasteiger partial charge in [0.2, 0.25) is 0 Å². The first-order valence-corrected chi connectivity index (χ1v) is 6.65. The van der Waals surface area contributed by atoms with Gasteiger partial charge in [-0.25, -0.2) is 0 Å². The third-order valence-corrected chi connectivity index (χ3v) is 3.04. The minimum atomic E-state index is -0.138. The number of halogens is 1. The first-order chi connectivity index (χ1) is 9.61. The van der Waals surface area contributed by atoms with E-state index in [2.05, 4.69) is 5.32 Å². The minimum Gasteiger partial charge on any atom is -0.504 e. The summed E-state index contributed by atoms with van der Waals surface area (Å²) in [5, 5.41) is 22.9. The second kappa shape index (κ2) is 6.39. The largest absolute Gasteiger partial charge is 0.504 e. The number of phenolic OH excluding ortho intramolecular Hbond substituents is 2. The zero-order chi connectivity index (χ0) is 14.5. The summed E-state index contributed by atoms with van der Waals surface area (Å²) in [7, 11) is 0. The molecule has 0 amide bonds. The lowest BCUT2D eigenvalue weighted by atomic mass is 10.2. The summed E-state index contributed by atoms with van der Waals surface area (Å²) in [5.74, 6) is 0.428. The van der Waals surface area contributed by atoms with Crippen LogP contribution in [0.3, 0.4) is 0 Å². The smallest absolute Gasteiger partial charge is 0.162 e. The van der Waals surface area contributed by atoms with Crippen LogP contribution >= 0.6 is 11.6 Å². The normalized spacial score (nSPS) is 10.3. The minimum absolute atomic E-state index is 0.125. The van der Waals surface area contributed by atoms with Crippen molar-refractivity contribution in [3.05, 3.63) is 47.0 Å². The van der Waals surface area contributed by atoms with Gasteiger partial charge in [0.25, 0.3) is 0 Å². The van der Waals surface area contributed by atoms with Crippen LogP contribution in [0.15, 0.2) is 36.4 Å². The summed E-state index contributed by atoms with van der Waals surface area (Å²) in [6.45, 7) is 2.80. The van der Waals surface area contributed by atoms with Crippen molar-refractivity contribution in [2.75, 3.05) is 11.9 Å². The van der Waals surface area contributed by atoms with E-state index in [0.29, 0.717) is 29.5 Å². The highest BCUT2D eigenvalue weighted by Crippen LogP contribution is 2.31. The summed E-state index contributed by atoms with van der Waals surface area (Å²) in [6.07, 6.45) is 0. The lowest BCUT2D eigenvalue weighted by Gasteiger charge is -2.13. The van der Waals surface area contributed by atoms with Crippen molar-refractivity contribution in [1.29, 1.82) is 0 Å². The fourth-order valence-electron chi connectivity index (χ4n) is 1.83. The maximum Gasteiger partial charge on any atom is 0.162 e. The van der Waals surface area contributed by atoms with Gasteiger partial charge < -0.3 is 20.3 Å². The van der Waals surface area contributed by atoms with E-state index in [0.717, 1.165) is 5.69 Å². The Labute approximate surface area is 122 Å². The molecule has 0 radical (unpaired) electrons. The van der Waals surface area contributed by atoms with Crippen LogP contribution in [0, 0.1) is 0 Å². The molecule has 0 atom stereocenters. The SMILES string of the molecule is CCOc1ccc(Cl)cc1NCc1cccc(O)c1O. The van der Waals surface area contributed by atoms with Crippen LogP contribution in [0.2, 0.25) is 5.02 Å². The number of anilines is 1. The van der Waals surface area contributed by atoms with E-state index in [4.69, 9.17) is 16.3 Å². The molecule has 0 aliphatic heterocycles. The Morgan fingerprint density at radius 2 is 2.00 bits per heavy atom. The maximum atomic E-state index is 9.76. The van der Waals surface area contributed by atoms with Crippen molar-refractivity contribution < 1.29 is 14.9 Å². The predicted molar refractivity (Wildman–Crippen MR) is 79.7 cm³/mol. The predicted octanol–water partition coefficient (Wildman–Crippen LogP) is 3.76. The average molecular weight is 294 g/mol. The number of benzene rings is 2. The van der Waals surface area contributed by atoms with E-state index in [9.17, 15) is 10.2 Å². The average Bonchev–Trinajstić information content (AvgIpc) is 2.43. The fraction of sp³-hybridized carbons (Fsp3) is 0.200. The van der Waals surface area contributed by atoms with E-state index in [-0.39, 0.29) is 11.5 Å². The molecule has 0 fully saturated rings. The molecule has 0 aliphatic carbocycles. The Balaban J connectivity index is 2.18. The van der Waals surface area contributed by atoms with Gasteiger partial charge in [0.1, 0.15) is 5.75 Å². The lowest BCUT2D eigenvalue weighted by Crippen LogP contribution is -2.03. The Morgan fingerprint density at radius 3 is 2.75 bits per heavy atom. The van der Waals surface area contributed by atoms with Gasteiger partial charge in [-0.15, -0.1) is 0 Å². The van der Waals surface area contributed by atoms with Gasteiger partial charge in [-0.1, -0.05) is 23.7 Å². The number of para-hydroxylation sites is 1. The summed E-state index contributed by atoms with van der Waals surface area (Å²) >= 11 is 5.97. The van der Waals surface area contributed by atoms with Gasteiger partial charge >= 0.3 is 0 Å². The number of phenols is 2. The van der Waals surface area contributed by atoms with Crippen molar-refractivity contribution in [3.8, 4) is 17.2 Å². The second-order valence-electron chi connectivity index (χ2n) is 4.21. The molecule has 0 spiro atoms. The Kier molecular flexibility index (Phi) is 4.58. The molecule has 0 aliphatic rings. The molecule has 0 saturated carbocycles. The first-order valence-electron chi connectivity index (χ1n) is 6.28. The molecule has 0 bridgehead atoms. The van der Waals surface area contributed by atoms with Crippen LogP contribution in [0.1, 0.15) is 12.5 Å². The molecule has 0 heterocycles. The van der Waals surface area contributed by atoms with Crippen LogP contribution in [0.5, 0.6) is 17.2 Å². The van der Waals surface area contributed by atoms with Crippen molar-refractivity contribution in [1.82, 2.24) is 0 Å². The van der Waals surface area contributed by atoms with Gasteiger partial charge in [-0.2, -0.15) is 0 Å². The van der Waals surface area contributed by atoms with Crippen LogP contribution in [0.25, 0.3) is 0 Å². The summed E-state index contributed by atoms with van der Waals surface area (Å²) in [5.41, 5.74) is 1.33. The lowest BCUT2D eigenvalue weighted by molar-refractivity contribution is 0.341. The van der Waals surface area contributed by atoms with E-state index in [1.165, 1.54) is 6.07 Å². The molecular weight excluding hydrogens is 278 g/mol. The summed E-state index contributed by atoms with van der Waals surface area (Å²) < 4.78 is 5.50. The van der Waals surface area contributed by atoms with Gasteiger partial charge in [-0.3, -0.25) is 0 Å². The van der Waals surface area contributed by atoms with E-state index < -0.39 is 0 Å². The van der Waals surface area contributed by atoms with Crippen molar-refractivity contribution in [2.45, 2.75) is 13.5 Å². The van der Waals surface area contributed by atoms with Crippen molar-refractivity contribution in [3.63, 3.8) is 0 Å². The van der Waals surface area contributed by atoms with Gasteiger partial charge in [0.05, 0.1) is 12.3 Å². The fourth-order valence-corrected chi connectivity index (χ4v) is 2.00. The van der Waals surface area contributed by atoms with E-state index >= 15 is 0 Å². The standard InChI is InChI=1S/C15H16ClNO3/c1-2-20-14-7-6-11(16)8-12(14)17-9-10-4-3-5-13(18)15(10)19/h3-8,17-19H,2,9H2,1H3. The highest BCUT2D eigenvalue weighted by atomic mass is 35.5. The van der Waals surface area contributed by atoms with Gasteiger partial charge in [0.15, 0.2) is 11.5 Å². The van der Waals surface area contributed by atoms with Crippen LogP contribution in [0.4, 0.5) is 5.69 Å². The maximum absolute atomic E-state index is 9.76. The Hall–Kier alpha value is -2.07. The number of rotatable bonds is 5. The zero-order valence-corrected chi connectivity index (χ0v) is 11.8. The Morgan fingerprint density at radius 1 is 1.20 bits per heavy atom. The monoisotopic (exact) mass is 293 g/mol. The topological polar surface area (TPSA) is 61.7 Å². The molecule has 2 rings (SSSR count). The number of hydrogen-bond donors (Lipinski definition) is 3. The van der Waals surface area contributed by atoms with Crippen LogP contribution < -0.4 is 10.1 Å². The second-order valence-corrected chi connectivity index (χ2v) is 4.65. The van der Waals surface area contributed by atoms with E-state index in [1.807, 2.05) is 6.92 Å². The Bertz CT molecular complexity index is 602. The molecule has 4 nitrogen and oxygen atoms in total. The molecule has 0 saturated heterocycles. The van der Waals surface area contributed by atoms with Gasteiger partial charge in [0, 0.05) is 17.1 Å². The molecule has 5 heteroatoms. The van der Waals surface area contributed by atoms with Crippen molar-refractivity contribution in [2.24, 2.45) is 0 Å². The molecule has 20 heavy (non-hydrogen) atoms. The molecule has 0 aromatic heterocycles. The molecule has 2 aromatic rings. The molecule has 0 unspecified atom stereocenters. The molecular formula is C15H16ClNO3. The first kappa shape index (κ1) is 14.3. The zero-order valence-electron chi connectivity index (χ0n) is 11.1. The third-order valence-electron chi connectivity index (χ3n) is 2.81. The van der Waals surface area contributed by atoms with Crippen LogP contribution in [-0.2, 0) is 6.54 Å². The number of hydrogen-bond acceptors (Lipinski definition) is 4. The van der Waals surface area contributed by atoms with Gasteiger partial charge in [-0.05, 0) is 31.2 Å². The molecule has 106 valence electrons. The highest BCUT2D eigenvalue weighted by molar-refractivity contribution is 6.30. The molecule has 2 aromatic carbocycles. The summed E-state index contributed by atoms with van der Waals surface area (Å²) in [6, 6.07) is 10.1. The number of aromatic hydroxyl groups is 2. The summed E-state index contributed by atoms with van der Waals surface area (Å²) in [4.78, 5) is 0. The number of ether oxygens (including phenoxy) is 1. The molecule has 3 N–H and O–H groups in total. The van der Waals surface area contributed by atoms with Crippen molar-refractivity contribution >= 4 is 17.3 Å². The quantitative estimate of drug-likeness (QED) is 0.735. The van der Waals surface area contributed by atoms with E-state index in [1.54, 1.807) is 30.3 Å².